The van der Waals surface area contributed by atoms with Gasteiger partial charge in [-0.1, -0.05) is 24.3 Å². The predicted octanol–water partition coefficient (Wildman–Crippen LogP) is 2.61. The molecule has 1 N–H and O–H groups in total. The Balaban J connectivity index is 1.34. The quantitative estimate of drug-likeness (QED) is 0.760. The molecular weight excluding hydrogens is 352 g/mol. The number of urea groups is 1. The maximum Gasteiger partial charge on any atom is 0.317 e. The van der Waals surface area contributed by atoms with E-state index < -0.39 is 0 Å². The molecule has 2 aromatic heterocycles. The zero-order valence-electron chi connectivity index (χ0n) is 16.0. The van der Waals surface area contributed by atoms with Crippen LogP contribution in [0.15, 0.2) is 61.3 Å². The number of rotatable bonds is 4. The summed E-state index contributed by atoms with van der Waals surface area (Å²) in [5.41, 5.74) is 3.47. The van der Waals surface area contributed by atoms with E-state index in [2.05, 4.69) is 51.4 Å². The Bertz CT molecular complexity index is 932. The maximum absolute atomic E-state index is 12.6. The summed E-state index contributed by atoms with van der Waals surface area (Å²) in [5.74, 6) is 0.782. The molecule has 0 atom stereocenters. The number of amides is 2. The van der Waals surface area contributed by atoms with E-state index in [4.69, 9.17) is 0 Å². The molecule has 0 radical (unpaired) electrons. The fraction of sp³-hybridized carbons (Fsp3) is 0.286. The van der Waals surface area contributed by atoms with E-state index in [9.17, 15) is 4.79 Å². The number of aryl methyl sites for hydroxylation is 1. The number of imidazole rings is 1. The molecule has 1 aromatic carbocycles. The van der Waals surface area contributed by atoms with E-state index in [0.717, 1.165) is 24.5 Å². The second kappa shape index (κ2) is 8.12. The summed E-state index contributed by atoms with van der Waals surface area (Å²) < 4.78 is 1.85. The average molecular weight is 376 g/mol. The SMILES string of the molecule is Cc1ccccc1N1CCN(C(=O)NCc2cccnc2-n2ccnc2)CC1. The van der Waals surface area contributed by atoms with Gasteiger partial charge in [0, 0.05) is 62.6 Å². The molecule has 2 amide bonds. The van der Waals surface area contributed by atoms with Crippen molar-refractivity contribution in [2.75, 3.05) is 31.1 Å². The number of benzene rings is 1. The molecule has 1 saturated heterocycles. The van der Waals surface area contributed by atoms with Crippen molar-refractivity contribution in [2.24, 2.45) is 0 Å². The van der Waals surface area contributed by atoms with Crippen LogP contribution in [0.4, 0.5) is 10.5 Å². The molecule has 7 heteroatoms. The fourth-order valence-electron chi connectivity index (χ4n) is 3.54. The van der Waals surface area contributed by atoms with Crippen LogP contribution < -0.4 is 10.2 Å². The molecule has 3 aromatic rings. The van der Waals surface area contributed by atoms with Crippen LogP contribution in [0, 0.1) is 6.92 Å². The lowest BCUT2D eigenvalue weighted by Crippen LogP contribution is -2.51. The Hall–Kier alpha value is -3.35. The van der Waals surface area contributed by atoms with Crippen LogP contribution in [0.25, 0.3) is 5.82 Å². The summed E-state index contributed by atoms with van der Waals surface area (Å²) >= 11 is 0. The van der Waals surface area contributed by atoms with Crippen LogP contribution in [0.1, 0.15) is 11.1 Å². The van der Waals surface area contributed by atoms with Gasteiger partial charge in [-0.25, -0.2) is 14.8 Å². The number of hydrogen-bond acceptors (Lipinski definition) is 4. The normalized spacial score (nSPS) is 14.2. The number of hydrogen-bond donors (Lipinski definition) is 1. The molecule has 28 heavy (non-hydrogen) atoms. The van der Waals surface area contributed by atoms with Crippen molar-refractivity contribution in [3.63, 3.8) is 0 Å². The highest BCUT2D eigenvalue weighted by Crippen LogP contribution is 2.20. The van der Waals surface area contributed by atoms with Gasteiger partial charge in [0.2, 0.25) is 0 Å². The lowest BCUT2D eigenvalue weighted by molar-refractivity contribution is 0.194. The van der Waals surface area contributed by atoms with Crippen LogP contribution in [0.3, 0.4) is 0 Å². The Morgan fingerprint density at radius 2 is 1.89 bits per heavy atom. The molecule has 0 spiro atoms. The third-order valence-electron chi connectivity index (χ3n) is 5.07. The second-order valence-electron chi connectivity index (χ2n) is 6.88. The minimum absolute atomic E-state index is 0.0372. The molecule has 1 aliphatic rings. The number of nitrogens with one attached hydrogen (secondary N) is 1. The van der Waals surface area contributed by atoms with Gasteiger partial charge in [-0.05, 0) is 24.6 Å². The van der Waals surface area contributed by atoms with Gasteiger partial charge in [0.1, 0.15) is 12.1 Å². The molecule has 0 saturated carbocycles. The van der Waals surface area contributed by atoms with Crippen LogP contribution in [0.5, 0.6) is 0 Å². The van der Waals surface area contributed by atoms with Crippen molar-refractivity contribution < 1.29 is 4.79 Å². The highest BCUT2D eigenvalue weighted by molar-refractivity contribution is 5.74. The Morgan fingerprint density at radius 1 is 1.07 bits per heavy atom. The average Bonchev–Trinajstić information content (AvgIpc) is 3.27. The number of nitrogens with zero attached hydrogens (tertiary/aromatic N) is 5. The standard InChI is InChI=1S/C21H24N6O/c1-17-5-2-3-7-19(17)25-11-13-26(14-12-25)21(28)24-15-18-6-4-8-23-20(18)27-10-9-22-16-27/h2-10,16H,11-15H2,1H3,(H,24,28). The van der Waals surface area contributed by atoms with E-state index in [1.165, 1.54) is 11.3 Å². The Morgan fingerprint density at radius 3 is 2.64 bits per heavy atom. The van der Waals surface area contributed by atoms with Gasteiger partial charge in [-0.3, -0.25) is 4.57 Å². The van der Waals surface area contributed by atoms with Crippen LogP contribution in [0.2, 0.25) is 0 Å². The van der Waals surface area contributed by atoms with Crippen molar-refractivity contribution in [1.82, 2.24) is 24.8 Å². The first-order valence-electron chi connectivity index (χ1n) is 9.48. The van der Waals surface area contributed by atoms with Crippen molar-refractivity contribution in [3.05, 3.63) is 72.4 Å². The summed E-state index contributed by atoms with van der Waals surface area (Å²) in [6.07, 6.45) is 7.01. The van der Waals surface area contributed by atoms with Gasteiger partial charge in [0.15, 0.2) is 0 Å². The van der Waals surface area contributed by atoms with Crippen molar-refractivity contribution in [2.45, 2.75) is 13.5 Å². The summed E-state index contributed by atoms with van der Waals surface area (Å²) in [7, 11) is 0. The number of pyridine rings is 1. The van der Waals surface area contributed by atoms with Crippen molar-refractivity contribution in [3.8, 4) is 5.82 Å². The molecule has 1 aliphatic heterocycles. The molecule has 1 fully saturated rings. The summed E-state index contributed by atoms with van der Waals surface area (Å²) in [6.45, 7) is 5.65. The molecule has 144 valence electrons. The Kier molecular flexibility index (Phi) is 5.23. The maximum atomic E-state index is 12.6. The first-order valence-corrected chi connectivity index (χ1v) is 9.48. The topological polar surface area (TPSA) is 66.3 Å². The van der Waals surface area contributed by atoms with Crippen molar-refractivity contribution in [1.29, 1.82) is 0 Å². The lowest BCUT2D eigenvalue weighted by Gasteiger charge is -2.36. The van der Waals surface area contributed by atoms with Gasteiger partial charge in [0.05, 0.1) is 0 Å². The van der Waals surface area contributed by atoms with Gasteiger partial charge in [-0.15, -0.1) is 0 Å². The van der Waals surface area contributed by atoms with Gasteiger partial charge < -0.3 is 15.1 Å². The molecule has 0 aliphatic carbocycles. The van der Waals surface area contributed by atoms with E-state index in [1.54, 1.807) is 18.7 Å². The summed E-state index contributed by atoms with van der Waals surface area (Å²) in [5, 5.41) is 3.03. The molecule has 3 heterocycles. The number of carbonyl (C=O) groups excluding carboxylic acids is 1. The molecule has 4 rings (SSSR count). The summed E-state index contributed by atoms with van der Waals surface area (Å²) in [4.78, 5) is 25.3. The van der Waals surface area contributed by atoms with Crippen LogP contribution in [-0.4, -0.2) is 51.6 Å². The van der Waals surface area contributed by atoms with E-state index >= 15 is 0 Å². The van der Waals surface area contributed by atoms with Gasteiger partial charge in [0.25, 0.3) is 0 Å². The van der Waals surface area contributed by atoms with E-state index in [-0.39, 0.29) is 6.03 Å². The highest BCUT2D eigenvalue weighted by Gasteiger charge is 2.22. The van der Waals surface area contributed by atoms with Crippen molar-refractivity contribution >= 4 is 11.7 Å². The smallest absolute Gasteiger partial charge is 0.317 e. The third kappa shape index (κ3) is 3.83. The molecule has 0 bridgehead atoms. The van der Waals surface area contributed by atoms with E-state index in [1.807, 2.05) is 27.8 Å². The first-order chi connectivity index (χ1) is 13.7. The minimum Gasteiger partial charge on any atom is -0.368 e. The zero-order valence-corrected chi connectivity index (χ0v) is 16.0. The van der Waals surface area contributed by atoms with Gasteiger partial charge in [-0.2, -0.15) is 0 Å². The van der Waals surface area contributed by atoms with Crippen LogP contribution in [-0.2, 0) is 6.54 Å². The monoisotopic (exact) mass is 376 g/mol. The molecule has 0 unspecified atom stereocenters. The highest BCUT2D eigenvalue weighted by atomic mass is 16.2. The molecular formula is C21H24N6O. The first kappa shape index (κ1) is 18.0. The Labute approximate surface area is 164 Å². The second-order valence-corrected chi connectivity index (χ2v) is 6.88. The predicted molar refractivity (Wildman–Crippen MR) is 109 cm³/mol. The number of aromatic nitrogens is 3. The number of carbonyl (C=O) groups is 1. The number of anilines is 1. The number of piperazine rings is 1. The van der Waals surface area contributed by atoms with Gasteiger partial charge >= 0.3 is 6.03 Å². The summed E-state index contributed by atoms with van der Waals surface area (Å²) in [6, 6.07) is 12.2. The lowest BCUT2D eigenvalue weighted by atomic mass is 10.1. The molecule has 7 nitrogen and oxygen atoms in total. The van der Waals surface area contributed by atoms with Crippen LogP contribution >= 0.6 is 0 Å². The minimum atomic E-state index is -0.0372. The fourth-order valence-corrected chi connectivity index (χ4v) is 3.54. The third-order valence-corrected chi connectivity index (χ3v) is 5.07. The zero-order chi connectivity index (χ0) is 19.3. The largest absolute Gasteiger partial charge is 0.368 e. The van der Waals surface area contributed by atoms with E-state index in [0.29, 0.717) is 19.6 Å². The number of para-hydroxylation sites is 1.